The maximum Gasteiger partial charge on any atom is 0.115 e. The Morgan fingerprint density at radius 2 is 2.20 bits per heavy atom. The maximum atomic E-state index is 9.58. The molecule has 1 aliphatic heterocycles. The van der Waals surface area contributed by atoms with Gasteiger partial charge in [0.05, 0.1) is 0 Å². The summed E-state index contributed by atoms with van der Waals surface area (Å²) in [5, 5.41) is 13.2. The predicted octanol–water partition coefficient (Wildman–Crippen LogP) is 2.99. The smallest absolute Gasteiger partial charge is 0.115 e. The van der Waals surface area contributed by atoms with Gasteiger partial charge in [0.15, 0.2) is 0 Å². The predicted molar refractivity (Wildman–Crippen MR) is 83.9 cm³/mol. The van der Waals surface area contributed by atoms with E-state index in [1.54, 1.807) is 6.07 Å². The number of rotatable bonds is 6. The van der Waals surface area contributed by atoms with Crippen molar-refractivity contribution in [1.82, 2.24) is 10.2 Å². The summed E-state index contributed by atoms with van der Waals surface area (Å²) in [5.41, 5.74) is 1.21. The average molecular weight is 276 g/mol. The Kier molecular flexibility index (Phi) is 5.86. The van der Waals surface area contributed by atoms with E-state index in [2.05, 4.69) is 30.1 Å². The number of benzene rings is 1. The van der Waals surface area contributed by atoms with E-state index in [4.69, 9.17) is 0 Å². The molecule has 20 heavy (non-hydrogen) atoms. The lowest BCUT2D eigenvalue weighted by Gasteiger charge is -2.36. The molecule has 2 N–H and O–H groups in total. The molecule has 0 radical (unpaired) electrons. The molecule has 1 aromatic rings. The lowest BCUT2D eigenvalue weighted by Crippen LogP contribution is -2.45. The zero-order valence-corrected chi connectivity index (χ0v) is 12.8. The molecular formula is C17H28N2O. The van der Waals surface area contributed by atoms with Crippen molar-refractivity contribution >= 4 is 0 Å². The highest BCUT2D eigenvalue weighted by atomic mass is 16.3. The Labute approximate surface area is 123 Å². The third kappa shape index (κ3) is 4.80. The summed E-state index contributed by atoms with van der Waals surface area (Å²) >= 11 is 0. The second kappa shape index (κ2) is 7.65. The first-order chi connectivity index (χ1) is 9.65. The summed E-state index contributed by atoms with van der Waals surface area (Å²) in [6, 6.07) is 8.28. The van der Waals surface area contributed by atoms with Gasteiger partial charge in [-0.2, -0.15) is 0 Å². The number of aromatic hydroxyl groups is 1. The minimum atomic E-state index is 0.369. The number of hydrogen-bond acceptors (Lipinski definition) is 3. The normalized spacial score (nSPS) is 20.4. The third-order valence-corrected chi connectivity index (χ3v) is 3.98. The molecule has 1 heterocycles. The largest absolute Gasteiger partial charge is 0.508 e. The van der Waals surface area contributed by atoms with Crippen molar-refractivity contribution in [3.05, 3.63) is 29.8 Å². The fourth-order valence-corrected chi connectivity index (χ4v) is 2.93. The Balaban J connectivity index is 1.89. The van der Waals surface area contributed by atoms with Gasteiger partial charge in [-0.1, -0.05) is 32.4 Å². The standard InChI is InChI=1S/C17H28N2O/c1-14(2)11-18-12-16-7-3-4-9-19(16)13-15-6-5-8-17(20)10-15/h5-6,8,10,14,16,18,20H,3-4,7,9,11-13H2,1-2H3. The van der Waals surface area contributed by atoms with Gasteiger partial charge in [-0.25, -0.2) is 0 Å². The van der Waals surface area contributed by atoms with Crippen molar-refractivity contribution in [2.75, 3.05) is 19.6 Å². The number of likely N-dealkylation sites (tertiary alicyclic amines) is 1. The molecule has 0 aromatic heterocycles. The van der Waals surface area contributed by atoms with Crippen LogP contribution in [0.15, 0.2) is 24.3 Å². The molecule has 3 nitrogen and oxygen atoms in total. The van der Waals surface area contributed by atoms with Crippen LogP contribution in [0.1, 0.15) is 38.7 Å². The van der Waals surface area contributed by atoms with Crippen molar-refractivity contribution in [2.24, 2.45) is 5.92 Å². The molecule has 0 amide bonds. The lowest BCUT2D eigenvalue weighted by molar-refractivity contribution is 0.137. The van der Waals surface area contributed by atoms with Gasteiger partial charge in [0.25, 0.3) is 0 Å². The minimum Gasteiger partial charge on any atom is -0.508 e. The van der Waals surface area contributed by atoms with Crippen molar-refractivity contribution < 1.29 is 5.11 Å². The Hall–Kier alpha value is -1.06. The van der Waals surface area contributed by atoms with Crippen LogP contribution in [0.25, 0.3) is 0 Å². The monoisotopic (exact) mass is 276 g/mol. The molecule has 1 aliphatic rings. The number of hydrogen-bond donors (Lipinski definition) is 2. The van der Waals surface area contributed by atoms with Crippen LogP contribution < -0.4 is 5.32 Å². The number of piperidine rings is 1. The zero-order valence-electron chi connectivity index (χ0n) is 12.8. The van der Waals surface area contributed by atoms with Gasteiger partial charge in [0.2, 0.25) is 0 Å². The summed E-state index contributed by atoms with van der Waals surface area (Å²) in [4.78, 5) is 2.56. The number of nitrogens with zero attached hydrogens (tertiary/aromatic N) is 1. The fourth-order valence-electron chi connectivity index (χ4n) is 2.93. The van der Waals surface area contributed by atoms with Gasteiger partial charge in [0, 0.05) is 19.1 Å². The number of phenols is 1. The highest BCUT2D eigenvalue weighted by Crippen LogP contribution is 2.20. The lowest BCUT2D eigenvalue weighted by atomic mass is 10.0. The van der Waals surface area contributed by atoms with E-state index in [1.807, 2.05) is 12.1 Å². The zero-order chi connectivity index (χ0) is 14.4. The minimum absolute atomic E-state index is 0.369. The quantitative estimate of drug-likeness (QED) is 0.838. The Bertz CT molecular complexity index is 406. The van der Waals surface area contributed by atoms with E-state index < -0.39 is 0 Å². The van der Waals surface area contributed by atoms with Crippen LogP contribution >= 0.6 is 0 Å². The molecule has 2 rings (SSSR count). The molecule has 1 unspecified atom stereocenters. The van der Waals surface area contributed by atoms with Crippen LogP contribution in [-0.2, 0) is 6.54 Å². The maximum absolute atomic E-state index is 9.58. The highest BCUT2D eigenvalue weighted by molar-refractivity contribution is 5.27. The van der Waals surface area contributed by atoms with Crippen molar-refractivity contribution in [3.63, 3.8) is 0 Å². The van der Waals surface area contributed by atoms with Crippen LogP contribution in [0.5, 0.6) is 5.75 Å². The van der Waals surface area contributed by atoms with Crippen LogP contribution in [0.3, 0.4) is 0 Å². The van der Waals surface area contributed by atoms with Crippen LogP contribution in [0, 0.1) is 5.92 Å². The molecule has 0 aliphatic carbocycles. The van der Waals surface area contributed by atoms with Crippen LogP contribution in [0.4, 0.5) is 0 Å². The van der Waals surface area contributed by atoms with Gasteiger partial charge in [-0.05, 0) is 49.5 Å². The summed E-state index contributed by atoms with van der Waals surface area (Å²) in [6.07, 6.45) is 3.91. The Morgan fingerprint density at radius 1 is 1.35 bits per heavy atom. The molecule has 0 saturated carbocycles. The van der Waals surface area contributed by atoms with Crippen molar-refractivity contribution in [1.29, 1.82) is 0 Å². The molecule has 112 valence electrons. The average Bonchev–Trinajstić information content (AvgIpc) is 2.40. The molecule has 1 saturated heterocycles. The third-order valence-electron chi connectivity index (χ3n) is 3.98. The van der Waals surface area contributed by atoms with Gasteiger partial charge in [-0.3, -0.25) is 4.90 Å². The second-order valence-corrected chi connectivity index (χ2v) is 6.34. The van der Waals surface area contributed by atoms with Gasteiger partial charge in [-0.15, -0.1) is 0 Å². The fraction of sp³-hybridized carbons (Fsp3) is 0.647. The highest BCUT2D eigenvalue weighted by Gasteiger charge is 2.22. The summed E-state index contributed by atoms with van der Waals surface area (Å²) in [7, 11) is 0. The van der Waals surface area contributed by atoms with E-state index in [9.17, 15) is 5.11 Å². The number of nitrogens with one attached hydrogen (secondary N) is 1. The van der Waals surface area contributed by atoms with Crippen LogP contribution in [-0.4, -0.2) is 35.7 Å². The first kappa shape index (κ1) is 15.3. The van der Waals surface area contributed by atoms with Crippen molar-refractivity contribution in [3.8, 4) is 5.75 Å². The summed E-state index contributed by atoms with van der Waals surface area (Å²) in [6.45, 7) is 8.79. The van der Waals surface area contributed by atoms with E-state index in [-0.39, 0.29) is 0 Å². The first-order valence-electron chi connectivity index (χ1n) is 7.88. The SMILES string of the molecule is CC(C)CNCC1CCCCN1Cc1cccc(O)c1. The van der Waals surface area contributed by atoms with Gasteiger partial charge < -0.3 is 10.4 Å². The molecule has 1 aromatic carbocycles. The first-order valence-corrected chi connectivity index (χ1v) is 7.88. The van der Waals surface area contributed by atoms with E-state index in [0.29, 0.717) is 17.7 Å². The molecule has 1 fully saturated rings. The molecule has 0 spiro atoms. The van der Waals surface area contributed by atoms with Gasteiger partial charge >= 0.3 is 0 Å². The molecular weight excluding hydrogens is 248 g/mol. The van der Waals surface area contributed by atoms with E-state index in [0.717, 1.165) is 19.6 Å². The topological polar surface area (TPSA) is 35.5 Å². The van der Waals surface area contributed by atoms with Crippen molar-refractivity contribution in [2.45, 2.75) is 45.7 Å². The van der Waals surface area contributed by atoms with E-state index >= 15 is 0 Å². The second-order valence-electron chi connectivity index (χ2n) is 6.34. The Morgan fingerprint density at radius 3 is 2.95 bits per heavy atom. The molecule has 3 heteroatoms. The molecule has 1 atom stereocenters. The molecule has 0 bridgehead atoms. The van der Waals surface area contributed by atoms with Gasteiger partial charge in [0.1, 0.15) is 5.75 Å². The summed E-state index contributed by atoms with van der Waals surface area (Å²) < 4.78 is 0. The summed E-state index contributed by atoms with van der Waals surface area (Å²) in [5.74, 6) is 1.08. The van der Waals surface area contributed by atoms with Crippen LogP contribution in [0.2, 0.25) is 0 Å². The number of phenolic OH excluding ortho intramolecular Hbond substituents is 1. The van der Waals surface area contributed by atoms with E-state index in [1.165, 1.54) is 31.4 Å².